The number of rotatable bonds is 5. The summed E-state index contributed by atoms with van der Waals surface area (Å²) in [7, 11) is 0. The van der Waals surface area contributed by atoms with Crippen molar-refractivity contribution in [2.24, 2.45) is 0 Å². The summed E-state index contributed by atoms with van der Waals surface area (Å²) < 4.78 is 0. The Labute approximate surface area is 89.1 Å². The lowest BCUT2D eigenvalue weighted by atomic mass is 10.2. The van der Waals surface area contributed by atoms with Crippen LogP contribution in [0.5, 0.6) is 0 Å². The average molecular weight is 208 g/mol. The van der Waals surface area contributed by atoms with Crippen LogP contribution in [0.4, 0.5) is 11.4 Å². The van der Waals surface area contributed by atoms with E-state index >= 15 is 0 Å². The summed E-state index contributed by atoms with van der Waals surface area (Å²) in [6.07, 6.45) is 1.75. The highest BCUT2D eigenvalue weighted by atomic mass is 16.2. The fourth-order valence-corrected chi connectivity index (χ4v) is 1.22. The minimum atomic E-state index is -0.0682. The van der Waals surface area contributed by atoms with Crippen molar-refractivity contribution in [2.75, 3.05) is 17.7 Å². The molecule has 82 valence electrons. The molecule has 4 nitrogen and oxygen atoms in total. The van der Waals surface area contributed by atoms with Crippen LogP contribution in [0.1, 0.15) is 19.3 Å². The predicted octanol–water partition coefficient (Wildman–Crippen LogP) is 1.37. The molecule has 1 amide bonds. The first-order valence-corrected chi connectivity index (χ1v) is 4.99. The SMILES string of the molecule is Nc1ccccc1NC(=O)CCCCO. The van der Waals surface area contributed by atoms with E-state index in [2.05, 4.69) is 5.32 Å². The van der Waals surface area contributed by atoms with Crippen LogP contribution in [0, 0.1) is 0 Å². The maximum atomic E-state index is 11.4. The van der Waals surface area contributed by atoms with Gasteiger partial charge in [-0.2, -0.15) is 0 Å². The number of nitrogen functional groups attached to an aromatic ring is 1. The van der Waals surface area contributed by atoms with Crippen LogP contribution >= 0.6 is 0 Å². The van der Waals surface area contributed by atoms with Crippen molar-refractivity contribution >= 4 is 17.3 Å². The van der Waals surface area contributed by atoms with E-state index in [1.165, 1.54) is 0 Å². The van der Waals surface area contributed by atoms with Gasteiger partial charge in [-0.1, -0.05) is 12.1 Å². The number of benzene rings is 1. The lowest BCUT2D eigenvalue weighted by molar-refractivity contribution is -0.116. The average Bonchev–Trinajstić information content (AvgIpc) is 2.22. The first-order chi connectivity index (χ1) is 7.24. The van der Waals surface area contributed by atoms with E-state index in [9.17, 15) is 4.79 Å². The van der Waals surface area contributed by atoms with Gasteiger partial charge in [0.25, 0.3) is 0 Å². The molecule has 0 aliphatic heterocycles. The molecule has 15 heavy (non-hydrogen) atoms. The van der Waals surface area contributed by atoms with Crippen molar-refractivity contribution in [3.63, 3.8) is 0 Å². The van der Waals surface area contributed by atoms with Gasteiger partial charge in [0.15, 0.2) is 0 Å². The molecule has 0 bridgehead atoms. The van der Waals surface area contributed by atoms with Crippen LogP contribution in [-0.4, -0.2) is 17.6 Å². The Hall–Kier alpha value is -1.55. The number of carbonyl (C=O) groups excluding carboxylic acids is 1. The van der Waals surface area contributed by atoms with Crippen LogP contribution in [0.15, 0.2) is 24.3 Å². The Morgan fingerprint density at radius 3 is 2.73 bits per heavy atom. The molecule has 1 aromatic carbocycles. The highest BCUT2D eigenvalue weighted by molar-refractivity contribution is 5.93. The van der Waals surface area contributed by atoms with Crippen LogP contribution < -0.4 is 11.1 Å². The number of unbranched alkanes of at least 4 members (excludes halogenated alkanes) is 1. The fourth-order valence-electron chi connectivity index (χ4n) is 1.22. The first-order valence-electron chi connectivity index (χ1n) is 4.99. The van der Waals surface area contributed by atoms with Gasteiger partial charge in [-0.25, -0.2) is 0 Å². The quantitative estimate of drug-likeness (QED) is 0.505. The first kappa shape index (κ1) is 11.5. The van der Waals surface area contributed by atoms with Crippen LogP contribution in [0.25, 0.3) is 0 Å². The monoisotopic (exact) mass is 208 g/mol. The molecule has 4 N–H and O–H groups in total. The highest BCUT2D eigenvalue weighted by Crippen LogP contribution is 2.16. The summed E-state index contributed by atoms with van der Waals surface area (Å²) in [4.78, 5) is 11.4. The predicted molar refractivity (Wildman–Crippen MR) is 60.4 cm³/mol. The van der Waals surface area contributed by atoms with Gasteiger partial charge in [-0.05, 0) is 25.0 Å². The molecular formula is C11H16N2O2. The molecule has 0 saturated heterocycles. The molecule has 1 aromatic rings. The van der Waals surface area contributed by atoms with Gasteiger partial charge in [0.05, 0.1) is 11.4 Å². The number of hydrogen-bond acceptors (Lipinski definition) is 3. The maximum absolute atomic E-state index is 11.4. The molecule has 0 heterocycles. The van der Waals surface area contributed by atoms with E-state index in [0.717, 1.165) is 0 Å². The maximum Gasteiger partial charge on any atom is 0.224 e. The number of anilines is 2. The van der Waals surface area contributed by atoms with E-state index in [1.54, 1.807) is 12.1 Å². The van der Waals surface area contributed by atoms with Gasteiger partial charge >= 0.3 is 0 Å². The van der Waals surface area contributed by atoms with Crippen LogP contribution in [0.3, 0.4) is 0 Å². The summed E-state index contributed by atoms with van der Waals surface area (Å²) in [5, 5.41) is 11.3. The second kappa shape index (κ2) is 6.03. The normalized spacial score (nSPS) is 9.93. The molecule has 0 atom stereocenters. The largest absolute Gasteiger partial charge is 0.397 e. The number of aliphatic hydroxyl groups is 1. The zero-order valence-electron chi connectivity index (χ0n) is 8.57. The number of hydrogen-bond donors (Lipinski definition) is 3. The number of nitrogens with two attached hydrogens (primary N) is 1. The number of amides is 1. The lowest BCUT2D eigenvalue weighted by Crippen LogP contribution is -2.12. The summed E-state index contributed by atoms with van der Waals surface area (Å²) in [6, 6.07) is 7.14. The minimum Gasteiger partial charge on any atom is -0.397 e. The van der Waals surface area contributed by atoms with E-state index in [0.29, 0.717) is 30.6 Å². The zero-order chi connectivity index (χ0) is 11.1. The zero-order valence-corrected chi connectivity index (χ0v) is 8.57. The third-order valence-electron chi connectivity index (χ3n) is 2.05. The Morgan fingerprint density at radius 1 is 1.33 bits per heavy atom. The fraction of sp³-hybridized carbons (Fsp3) is 0.364. The van der Waals surface area contributed by atoms with Gasteiger partial charge in [0.1, 0.15) is 0 Å². The highest BCUT2D eigenvalue weighted by Gasteiger charge is 2.03. The molecular weight excluding hydrogens is 192 g/mol. The van der Waals surface area contributed by atoms with E-state index < -0.39 is 0 Å². The molecule has 4 heteroatoms. The van der Waals surface area contributed by atoms with E-state index in [1.807, 2.05) is 12.1 Å². The summed E-state index contributed by atoms with van der Waals surface area (Å²) in [6.45, 7) is 0.126. The lowest BCUT2D eigenvalue weighted by Gasteiger charge is -2.07. The third kappa shape index (κ3) is 3.99. The van der Waals surface area contributed by atoms with Crippen molar-refractivity contribution in [3.8, 4) is 0 Å². The second-order valence-electron chi connectivity index (χ2n) is 3.32. The second-order valence-corrected chi connectivity index (χ2v) is 3.32. The number of aliphatic hydroxyl groups excluding tert-OH is 1. The van der Waals surface area contributed by atoms with Gasteiger partial charge in [0.2, 0.25) is 5.91 Å². The topological polar surface area (TPSA) is 75.3 Å². The Bertz CT molecular complexity index is 326. The minimum absolute atomic E-state index is 0.0682. The third-order valence-corrected chi connectivity index (χ3v) is 2.05. The molecule has 0 radical (unpaired) electrons. The van der Waals surface area contributed by atoms with Crippen molar-refractivity contribution in [1.29, 1.82) is 0 Å². The van der Waals surface area contributed by atoms with Crippen molar-refractivity contribution in [2.45, 2.75) is 19.3 Å². The standard InChI is InChI=1S/C11H16N2O2/c12-9-5-1-2-6-10(9)13-11(15)7-3-4-8-14/h1-2,5-6,14H,3-4,7-8,12H2,(H,13,15). The molecule has 1 rings (SSSR count). The Balaban J connectivity index is 2.41. The van der Waals surface area contributed by atoms with Gasteiger partial charge < -0.3 is 16.2 Å². The van der Waals surface area contributed by atoms with Crippen molar-refractivity contribution in [1.82, 2.24) is 0 Å². The Kier molecular flexibility index (Phi) is 4.63. The Morgan fingerprint density at radius 2 is 2.07 bits per heavy atom. The van der Waals surface area contributed by atoms with Gasteiger partial charge in [-0.15, -0.1) is 0 Å². The molecule has 0 aliphatic carbocycles. The number of para-hydroxylation sites is 2. The van der Waals surface area contributed by atoms with Gasteiger partial charge in [0, 0.05) is 13.0 Å². The van der Waals surface area contributed by atoms with Crippen molar-refractivity contribution < 1.29 is 9.90 Å². The van der Waals surface area contributed by atoms with Crippen LogP contribution in [0.2, 0.25) is 0 Å². The number of nitrogens with one attached hydrogen (secondary N) is 1. The van der Waals surface area contributed by atoms with Gasteiger partial charge in [-0.3, -0.25) is 4.79 Å². The smallest absolute Gasteiger partial charge is 0.224 e. The molecule has 0 saturated carbocycles. The summed E-state index contributed by atoms with van der Waals surface area (Å²) >= 11 is 0. The molecule has 0 aromatic heterocycles. The molecule has 0 aliphatic rings. The molecule has 0 unspecified atom stereocenters. The number of carbonyl (C=O) groups is 1. The summed E-state index contributed by atoms with van der Waals surface area (Å²) in [5.74, 6) is -0.0682. The van der Waals surface area contributed by atoms with Crippen LogP contribution in [-0.2, 0) is 4.79 Å². The summed E-state index contributed by atoms with van der Waals surface area (Å²) in [5.41, 5.74) is 6.88. The van der Waals surface area contributed by atoms with E-state index in [-0.39, 0.29) is 12.5 Å². The van der Waals surface area contributed by atoms with E-state index in [4.69, 9.17) is 10.8 Å². The van der Waals surface area contributed by atoms with Crippen molar-refractivity contribution in [3.05, 3.63) is 24.3 Å². The molecule has 0 spiro atoms. The molecule has 0 fully saturated rings.